The molecule has 0 atom stereocenters. The van der Waals surface area contributed by atoms with Gasteiger partial charge >= 0.3 is 0 Å². The van der Waals surface area contributed by atoms with E-state index in [-0.39, 0.29) is 24.0 Å². The number of aryl methyl sites for hydroxylation is 2. The number of nitrogens with one attached hydrogen (secondary N) is 1. The van der Waals surface area contributed by atoms with Gasteiger partial charge in [0, 0.05) is 22.7 Å². The number of hydrogen-bond donors (Lipinski definition) is 2. The fourth-order valence-corrected chi connectivity index (χ4v) is 3.13. The molecular weight excluding hydrogens is 437 g/mol. The Morgan fingerprint density at radius 1 is 1.21 bits per heavy atom. The summed E-state index contributed by atoms with van der Waals surface area (Å²) in [6.07, 6.45) is 0.892. The van der Waals surface area contributed by atoms with Crippen LogP contribution in [0.15, 0.2) is 35.3 Å². The normalized spacial score (nSPS) is 13.0. The molecule has 0 aliphatic carbocycles. The summed E-state index contributed by atoms with van der Waals surface area (Å²) in [5.74, 6) is 1.28. The van der Waals surface area contributed by atoms with Gasteiger partial charge in [-0.2, -0.15) is 0 Å². The number of nitrogens with zero attached hydrogens (tertiary/aromatic N) is 1. The summed E-state index contributed by atoms with van der Waals surface area (Å²) < 4.78 is 5.68. The first-order chi connectivity index (χ1) is 11.0. The molecule has 24 heavy (non-hydrogen) atoms. The Kier molecular flexibility index (Phi) is 6.34. The fourth-order valence-electron chi connectivity index (χ4n) is 2.87. The summed E-state index contributed by atoms with van der Waals surface area (Å²) in [4.78, 5) is 4.41. The van der Waals surface area contributed by atoms with E-state index in [0.29, 0.717) is 24.1 Å². The Hall–Kier alpha value is -1.47. The largest absolute Gasteiger partial charge is 0.493 e. The van der Waals surface area contributed by atoms with Gasteiger partial charge in [-0.1, -0.05) is 17.7 Å². The zero-order valence-electron chi connectivity index (χ0n) is 13.7. The third kappa shape index (κ3) is 4.54. The highest BCUT2D eigenvalue weighted by Gasteiger charge is 2.17. The van der Waals surface area contributed by atoms with Crippen molar-refractivity contribution in [3.63, 3.8) is 0 Å². The zero-order valence-corrected chi connectivity index (χ0v) is 16.8. The number of rotatable bonds is 3. The highest BCUT2D eigenvalue weighted by atomic mass is 127. The number of guanidine groups is 1. The van der Waals surface area contributed by atoms with Crippen molar-refractivity contribution in [3.8, 4) is 5.75 Å². The maximum Gasteiger partial charge on any atom is 0.193 e. The predicted molar refractivity (Wildman–Crippen MR) is 111 cm³/mol. The van der Waals surface area contributed by atoms with Crippen molar-refractivity contribution in [2.75, 3.05) is 11.9 Å². The lowest BCUT2D eigenvalue weighted by atomic mass is 10.1. The minimum absolute atomic E-state index is 0. The standard InChI is InChI=1S/C18H20ClN3O.HI/c1-11-5-12(2)7-16(6-11)22-18(20)21-10-14-9-15(19)8-13-3-4-23-17(13)14;/h5-9H,3-4,10H2,1-2H3,(H3,20,21,22);1H. The Balaban J connectivity index is 0.00000208. The van der Waals surface area contributed by atoms with E-state index in [1.165, 1.54) is 11.1 Å². The lowest BCUT2D eigenvalue weighted by molar-refractivity contribution is 0.353. The number of halogens is 2. The van der Waals surface area contributed by atoms with E-state index in [1.54, 1.807) is 0 Å². The number of benzene rings is 2. The van der Waals surface area contributed by atoms with E-state index in [0.717, 1.165) is 29.0 Å². The van der Waals surface area contributed by atoms with Crippen LogP contribution in [0.25, 0.3) is 0 Å². The van der Waals surface area contributed by atoms with Crippen LogP contribution in [0.2, 0.25) is 5.02 Å². The van der Waals surface area contributed by atoms with Crippen LogP contribution in [0.3, 0.4) is 0 Å². The van der Waals surface area contributed by atoms with E-state index in [2.05, 4.69) is 30.2 Å². The van der Waals surface area contributed by atoms with Crippen LogP contribution in [0.4, 0.5) is 5.69 Å². The summed E-state index contributed by atoms with van der Waals surface area (Å²) in [7, 11) is 0. The summed E-state index contributed by atoms with van der Waals surface area (Å²) in [5.41, 5.74) is 11.4. The molecule has 0 saturated carbocycles. The van der Waals surface area contributed by atoms with Gasteiger partial charge in [-0.3, -0.25) is 0 Å². The second-order valence-corrected chi connectivity index (χ2v) is 6.29. The number of fused-ring (bicyclic) bond motifs is 1. The average Bonchev–Trinajstić information content (AvgIpc) is 2.91. The maximum absolute atomic E-state index is 6.16. The molecular formula is C18H21ClIN3O. The Bertz CT molecular complexity index is 757. The van der Waals surface area contributed by atoms with Crippen LogP contribution in [0, 0.1) is 13.8 Å². The van der Waals surface area contributed by atoms with Gasteiger partial charge in [-0.05, 0) is 54.8 Å². The minimum Gasteiger partial charge on any atom is -0.493 e. The van der Waals surface area contributed by atoms with Crippen molar-refractivity contribution in [1.29, 1.82) is 0 Å². The first kappa shape index (κ1) is 18.9. The quantitative estimate of drug-likeness (QED) is 0.407. The molecule has 128 valence electrons. The molecule has 2 aromatic carbocycles. The Labute approximate surface area is 164 Å². The van der Waals surface area contributed by atoms with Crippen molar-refractivity contribution in [2.24, 2.45) is 10.7 Å². The van der Waals surface area contributed by atoms with Crippen LogP contribution in [-0.2, 0) is 13.0 Å². The van der Waals surface area contributed by atoms with Crippen LogP contribution < -0.4 is 15.8 Å². The second kappa shape index (κ2) is 8.07. The number of ether oxygens (including phenoxy) is 1. The van der Waals surface area contributed by atoms with Crippen LogP contribution >= 0.6 is 35.6 Å². The van der Waals surface area contributed by atoms with Gasteiger partial charge in [0.2, 0.25) is 0 Å². The van der Waals surface area contributed by atoms with E-state index in [4.69, 9.17) is 22.1 Å². The van der Waals surface area contributed by atoms with E-state index >= 15 is 0 Å². The molecule has 0 radical (unpaired) electrons. The lowest BCUT2D eigenvalue weighted by Crippen LogP contribution is -2.22. The van der Waals surface area contributed by atoms with E-state index in [9.17, 15) is 0 Å². The summed E-state index contributed by atoms with van der Waals surface area (Å²) >= 11 is 6.16. The topological polar surface area (TPSA) is 59.6 Å². The molecule has 0 unspecified atom stereocenters. The van der Waals surface area contributed by atoms with Crippen molar-refractivity contribution in [3.05, 3.63) is 57.6 Å². The minimum atomic E-state index is 0. The Morgan fingerprint density at radius 2 is 1.92 bits per heavy atom. The lowest BCUT2D eigenvalue weighted by Gasteiger charge is -2.10. The van der Waals surface area contributed by atoms with Crippen molar-refractivity contribution >= 4 is 47.2 Å². The fraction of sp³-hybridized carbons (Fsp3) is 0.278. The van der Waals surface area contributed by atoms with Gasteiger partial charge in [0.1, 0.15) is 5.75 Å². The van der Waals surface area contributed by atoms with Gasteiger partial charge in [0.25, 0.3) is 0 Å². The van der Waals surface area contributed by atoms with Crippen molar-refractivity contribution < 1.29 is 4.74 Å². The van der Waals surface area contributed by atoms with Crippen molar-refractivity contribution in [1.82, 2.24) is 0 Å². The number of anilines is 1. The van der Waals surface area contributed by atoms with Crippen LogP contribution in [0.5, 0.6) is 5.75 Å². The van der Waals surface area contributed by atoms with Gasteiger partial charge in [-0.15, -0.1) is 24.0 Å². The molecule has 0 fully saturated rings. The average molecular weight is 458 g/mol. The monoisotopic (exact) mass is 457 g/mol. The molecule has 1 aliphatic rings. The third-order valence-electron chi connectivity index (χ3n) is 3.74. The molecule has 6 heteroatoms. The van der Waals surface area contributed by atoms with Crippen LogP contribution in [-0.4, -0.2) is 12.6 Å². The molecule has 4 nitrogen and oxygen atoms in total. The Morgan fingerprint density at radius 3 is 2.62 bits per heavy atom. The molecule has 0 bridgehead atoms. The first-order valence-corrected chi connectivity index (χ1v) is 7.98. The summed E-state index contributed by atoms with van der Waals surface area (Å²) in [6, 6.07) is 10.0. The van der Waals surface area contributed by atoms with Crippen molar-refractivity contribution in [2.45, 2.75) is 26.8 Å². The van der Waals surface area contributed by atoms with Crippen LogP contribution in [0.1, 0.15) is 22.3 Å². The van der Waals surface area contributed by atoms with E-state index in [1.807, 2.05) is 24.3 Å². The molecule has 0 saturated heterocycles. The number of hydrogen-bond acceptors (Lipinski definition) is 2. The van der Waals surface area contributed by atoms with Gasteiger partial charge in [0.05, 0.1) is 13.2 Å². The van der Waals surface area contributed by atoms with E-state index < -0.39 is 0 Å². The predicted octanol–water partition coefficient (Wildman–Crippen LogP) is 4.44. The summed E-state index contributed by atoms with van der Waals surface area (Å²) in [6.45, 7) is 5.24. The number of nitrogens with two attached hydrogens (primary N) is 1. The van der Waals surface area contributed by atoms with Gasteiger partial charge in [0.15, 0.2) is 5.96 Å². The second-order valence-electron chi connectivity index (χ2n) is 5.85. The van der Waals surface area contributed by atoms with Gasteiger partial charge in [-0.25, -0.2) is 4.99 Å². The zero-order chi connectivity index (χ0) is 16.4. The molecule has 3 rings (SSSR count). The molecule has 0 spiro atoms. The SMILES string of the molecule is Cc1cc(C)cc(NC(N)=NCc2cc(Cl)cc3c2OCC3)c1.I. The highest BCUT2D eigenvalue weighted by Crippen LogP contribution is 2.33. The van der Waals surface area contributed by atoms with Gasteiger partial charge < -0.3 is 15.8 Å². The third-order valence-corrected chi connectivity index (χ3v) is 3.96. The molecule has 1 aliphatic heterocycles. The maximum atomic E-state index is 6.16. The first-order valence-electron chi connectivity index (χ1n) is 7.60. The smallest absolute Gasteiger partial charge is 0.193 e. The number of aliphatic imine (C=N–C) groups is 1. The molecule has 0 amide bonds. The molecule has 0 aromatic heterocycles. The molecule has 1 heterocycles. The highest BCUT2D eigenvalue weighted by molar-refractivity contribution is 14.0. The molecule has 3 N–H and O–H groups in total. The molecule has 2 aromatic rings. The summed E-state index contributed by atoms with van der Waals surface area (Å²) in [5, 5.41) is 3.84.